The zero-order valence-electron chi connectivity index (χ0n) is 17.5. The Hall–Kier alpha value is -0.370. The third-order valence-corrected chi connectivity index (χ3v) is 9.94. The Balaban J connectivity index is 1.18. The van der Waals surface area contributed by atoms with Crippen molar-refractivity contribution in [3.8, 4) is 0 Å². The molecule has 29 heavy (non-hydrogen) atoms. The summed E-state index contributed by atoms with van der Waals surface area (Å²) in [6, 6.07) is 0.163. The van der Waals surface area contributed by atoms with Crippen LogP contribution in [-0.4, -0.2) is 60.1 Å². The number of hydrazine groups is 1. The lowest BCUT2D eigenvalue weighted by atomic mass is 9.74. The molecule has 0 aromatic rings. The molecule has 0 bridgehead atoms. The molecule has 9 unspecified atom stereocenters. The second kappa shape index (κ2) is 8.64. The van der Waals surface area contributed by atoms with E-state index in [2.05, 4.69) is 15.8 Å². The predicted molar refractivity (Wildman–Crippen MR) is 113 cm³/mol. The number of halogens is 1. The molecule has 5 fully saturated rings. The molecule has 0 spiro atoms. The SMILES string of the molecule is CN1NC(C2CCCCC2F)C2CC(C(=O)OC3CCC4CNCCC4C3)SC21. The van der Waals surface area contributed by atoms with E-state index in [1.54, 1.807) is 11.8 Å². The molecular weight excluding hydrogens is 389 g/mol. The third-order valence-electron chi connectivity index (χ3n) is 8.28. The van der Waals surface area contributed by atoms with Gasteiger partial charge in [-0.15, -0.1) is 11.8 Å². The van der Waals surface area contributed by atoms with Crippen LogP contribution < -0.4 is 10.7 Å². The number of nitrogens with one attached hydrogen (secondary N) is 2. The predicted octanol–water partition coefficient (Wildman–Crippen LogP) is 3.10. The summed E-state index contributed by atoms with van der Waals surface area (Å²) in [6.07, 6.45) is 8.45. The number of carbonyl (C=O) groups excluding carboxylic acids is 1. The summed E-state index contributed by atoms with van der Waals surface area (Å²) in [5.74, 6) is 1.89. The lowest BCUT2D eigenvalue weighted by molar-refractivity contribution is -0.151. The normalized spacial score (nSPS) is 48.1. The number of alkyl halides is 1. The van der Waals surface area contributed by atoms with Gasteiger partial charge in [-0.3, -0.25) is 10.2 Å². The van der Waals surface area contributed by atoms with E-state index in [-0.39, 0.29) is 34.7 Å². The number of fused-ring (bicyclic) bond motifs is 2. The topological polar surface area (TPSA) is 53.6 Å². The molecular formula is C22H36FN3O2S. The number of ether oxygens (including phenoxy) is 1. The molecule has 5 aliphatic rings. The van der Waals surface area contributed by atoms with Gasteiger partial charge in [0.15, 0.2) is 0 Å². The number of hydrogen-bond donors (Lipinski definition) is 2. The number of thioether (sulfide) groups is 1. The summed E-state index contributed by atoms with van der Waals surface area (Å²) in [4.78, 5) is 13.0. The average Bonchev–Trinajstić information content (AvgIpc) is 3.29. The Labute approximate surface area is 178 Å². The van der Waals surface area contributed by atoms with Crippen molar-refractivity contribution in [2.45, 2.75) is 86.7 Å². The van der Waals surface area contributed by atoms with E-state index in [0.29, 0.717) is 18.3 Å². The van der Waals surface area contributed by atoms with Crippen LogP contribution in [0.15, 0.2) is 0 Å². The minimum atomic E-state index is -0.704. The van der Waals surface area contributed by atoms with Gasteiger partial charge in [-0.1, -0.05) is 12.8 Å². The highest BCUT2D eigenvalue weighted by molar-refractivity contribution is 8.01. The van der Waals surface area contributed by atoms with Crippen molar-refractivity contribution in [2.24, 2.45) is 23.7 Å². The maximum atomic E-state index is 14.6. The van der Waals surface area contributed by atoms with E-state index in [9.17, 15) is 9.18 Å². The molecule has 5 nitrogen and oxygen atoms in total. The van der Waals surface area contributed by atoms with E-state index in [1.165, 1.54) is 12.8 Å². The van der Waals surface area contributed by atoms with Gasteiger partial charge in [0.05, 0.1) is 5.37 Å². The molecule has 2 saturated carbocycles. The monoisotopic (exact) mass is 425 g/mol. The average molecular weight is 426 g/mol. The Kier molecular flexibility index (Phi) is 6.11. The van der Waals surface area contributed by atoms with E-state index in [4.69, 9.17) is 4.74 Å². The highest BCUT2D eigenvalue weighted by Gasteiger charge is 2.53. The first-order valence-electron chi connectivity index (χ1n) is 11.8. The fraction of sp³-hybridized carbons (Fsp3) is 0.955. The van der Waals surface area contributed by atoms with Gasteiger partial charge in [0.25, 0.3) is 0 Å². The fourth-order valence-electron chi connectivity index (χ4n) is 6.71. The van der Waals surface area contributed by atoms with Gasteiger partial charge in [0.2, 0.25) is 0 Å². The number of carbonyl (C=O) groups is 1. The van der Waals surface area contributed by atoms with Crippen molar-refractivity contribution in [2.75, 3.05) is 20.1 Å². The molecule has 2 aliphatic carbocycles. The van der Waals surface area contributed by atoms with Crippen LogP contribution >= 0.6 is 11.8 Å². The van der Waals surface area contributed by atoms with Gasteiger partial charge < -0.3 is 10.1 Å². The van der Waals surface area contributed by atoms with Gasteiger partial charge in [0, 0.05) is 24.9 Å². The van der Waals surface area contributed by atoms with Crippen molar-refractivity contribution < 1.29 is 13.9 Å². The summed E-state index contributed by atoms with van der Waals surface area (Å²) >= 11 is 1.73. The molecule has 3 aliphatic heterocycles. The summed E-state index contributed by atoms with van der Waals surface area (Å²) in [5.41, 5.74) is 3.54. The summed E-state index contributed by atoms with van der Waals surface area (Å²) in [7, 11) is 2.05. The van der Waals surface area contributed by atoms with Crippen LogP contribution in [0.5, 0.6) is 0 Å². The fourth-order valence-corrected chi connectivity index (χ4v) is 8.27. The van der Waals surface area contributed by atoms with E-state index >= 15 is 0 Å². The quantitative estimate of drug-likeness (QED) is 0.678. The van der Waals surface area contributed by atoms with Crippen molar-refractivity contribution >= 4 is 17.7 Å². The van der Waals surface area contributed by atoms with Gasteiger partial charge in [-0.25, -0.2) is 9.40 Å². The lowest BCUT2D eigenvalue weighted by Gasteiger charge is -2.39. The standard InChI is InChI=1S/C22H36FN3O2S/c1-26-21-17(20(25-26)16-4-2-3-5-18(16)23)11-19(29-21)22(27)28-15-7-6-14-12-24-9-8-13(14)10-15/h13-21,24-25H,2-12H2,1H3. The molecule has 0 aromatic carbocycles. The van der Waals surface area contributed by atoms with Crippen molar-refractivity contribution in [1.82, 2.24) is 15.8 Å². The Bertz CT molecular complexity index is 611. The first-order chi connectivity index (χ1) is 14.1. The molecule has 0 amide bonds. The van der Waals surface area contributed by atoms with Crippen molar-refractivity contribution in [1.29, 1.82) is 0 Å². The van der Waals surface area contributed by atoms with Gasteiger partial charge in [-0.05, 0) is 69.9 Å². The zero-order chi connectivity index (χ0) is 20.0. The zero-order valence-corrected chi connectivity index (χ0v) is 18.3. The highest BCUT2D eigenvalue weighted by Crippen LogP contribution is 2.49. The maximum Gasteiger partial charge on any atom is 0.319 e. The lowest BCUT2D eigenvalue weighted by Crippen LogP contribution is -2.45. The van der Waals surface area contributed by atoms with E-state index < -0.39 is 6.17 Å². The molecule has 2 N–H and O–H groups in total. The largest absolute Gasteiger partial charge is 0.462 e. The first-order valence-corrected chi connectivity index (χ1v) is 12.7. The molecule has 7 heteroatoms. The van der Waals surface area contributed by atoms with E-state index in [1.807, 2.05) is 7.05 Å². The van der Waals surface area contributed by atoms with Crippen LogP contribution in [0.2, 0.25) is 0 Å². The number of hydrogen-bond acceptors (Lipinski definition) is 6. The highest BCUT2D eigenvalue weighted by atomic mass is 32.2. The summed E-state index contributed by atoms with van der Waals surface area (Å²) in [6.45, 7) is 2.23. The van der Waals surface area contributed by atoms with Gasteiger partial charge in [-0.2, -0.15) is 0 Å². The minimum Gasteiger partial charge on any atom is -0.462 e. The number of esters is 1. The third kappa shape index (κ3) is 4.09. The molecule has 9 atom stereocenters. The van der Waals surface area contributed by atoms with Crippen molar-refractivity contribution in [3.63, 3.8) is 0 Å². The second-order valence-corrected chi connectivity index (χ2v) is 11.4. The Morgan fingerprint density at radius 2 is 1.93 bits per heavy atom. The van der Waals surface area contributed by atoms with Crippen LogP contribution in [0.25, 0.3) is 0 Å². The van der Waals surface area contributed by atoms with Crippen LogP contribution in [0.1, 0.15) is 57.8 Å². The van der Waals surface area contributed by atoms with Crippen LogP contribution in [0, 0.1) is 23.7 Å². The maximum absolute atomic E-state index is 14.6. The van der Waals surface area contributed by atoms with Crippen molar-refractivity contribution in [3.05, 3.63) is 0 Å². The summed E-state index contributed by atoms with van der Waals surface area (Å²) < 4.78 is 20.7. The number of rotatable bonds is 3. The number of piperidine rings is 1. The van der Waals surface area contributed by atoms with Gasteiger partial charge >= 0.3 is 5.97 Å². The Morgan fingerprint density at radius 1 is 1.07 bits per heavy atom. The molecule has 0 aromatic heterocycles. The molecule has 5 rings (SSSR count). The molecule has 0 radical (unpaired) electrons. The second-order valence-electron chi connectivity index (χ2n) is 10.0. The smallest absolute Gasteiger partial charge is 0.319 e. The van der Waals surface area contributed by atoms with Crippen LogP contribution in [-0.2, 0) is 9.53 Å². The summed E-state index contributed by atoms with van der Waals surface area (Å²) in [5, 5.41) is 5.79. The molecule has 3 saturated heterocycles. The Morgan fingerprint density at radius 3 is 2.79 bits per heavy atom. The minimum absolute atomic E-state index is 0.0191. The first kappa shape index (κ1) is 20.5. The number of nitrogens with zero attached hydrogens (tertiary/aromatic N) is 1. The molecule has 3 heterocycles. The van der Waals surface area contributed by atoms with Gasteiger partial charge in [0.1, 0.15) is 17.5 Å². The molecule has 164 valence electrons. The van der Waals surface area contributed by atoms with Crippen LogP contribution in [0.4, 0.5) is 4.39 Å². The van der Waals surface area contributed by atoms with E-state index in [0.717, 1.165) is 57.5 Å². The van der Waals surface area contributed by atoms with Crippen LogP contribution in [0.3, 0.4) is 0 Å².